The van der Waals surface area contributed by atoms with Crippen molar-refractivity contribution in [3.63, 3.8) is 0 Å². The quantitative estimate of drug-likeness (QED) is 0.427. The van der Waals surface area contributed by atoms with Crippen molar-refractivity contribution in [2.24, 2.45) is 11.8 Å². The van der Waals surface area contributed by atoms with Gasteiger partial charge in [0, 0.05) is 34.7 Å². The van der Waals surface area contributed by atoms with Crippen molar-refractivity contribution in [3.05, 3.63) is 65.8 Å². The fraction of sp³-hybridized carbons (Fsp3) is 0.613. The number of hydrogen-bond donors (Lipinski definition) is 1. The van der Waals surface area contributed by atoms with Crippen LogP contribution in [0.1, 0.15) is 93.9 Å². The number of ether oxygens (including phenoxy) is 1. The molecule has 5 nitrogen and oxygen atoms in total. The normalized spacial score (nSPS) is 24.2. The van der Waals surface area contributed by atoms with Crippen molar-refractivity contribution < 1.29 is 9.53 Å². The standard InChI is InChI=1S/C31H42N2O3S/c1-19-14-20(2)32-30(34)26(19)18-33-13-5-6-27-29(31(33)35)21(3)28(37-27)17-23-9-7-22(8-10-23)15-24-11-12-25(16-24)36-4/h11,14,22-23,25H,5-10,12-13,15-18H2,1-4H3,(H,32,34). The molecule has 37 heavy (non-hydrogen) atoms. The highest BCUT2D eigenvalue weighted by molar-refractivity contribution is 7.12. The molecule has 2 aromatic heterocycles. The summed E-state index contributed by atoms with van der Waals surface area (Å²) >= 11 is 1.88. The van der Waals surface area contributed by atoms with Gasteiger partial charge in [-0.1, -0.05) is 11.6 Å². The van der Waals surface area contributed by atoms with Crippen molar-refractivity contribution >= 4 is 17.2 Å². The van der Waals surface area contributed by atoms with Gasteiger partial charge in [0.05, 0.1) is 18.2 Å². The summed E-state index contributed by atoms with van der Waals surface area (Å²) in [4.78, 5) is 33.8. The van der Waals surface area contributed by atoms with Gasteiger partial charge in [0.2, 0.25) is 0 Å². The smallest absolute Gasteiger partial charge is 0.255 e. The summed E-state index contributed by atoms with van der Waals surface area (Å²) in [6.07, 6.45) is 14.5. The predicted molar refractivity (Wildman–Crippen MR) is 151 cm³/mol. The van der Waals surface area contributed by atoms with Gasteiger partial charge in [0.15, 0.2) is 0 Å². The van der Waals surface area contributed by atoms with Gasteiger partial charge in [-0.3, -0.25) is 9.59 Å². The molecule has 1 saturated carbocycles. The van der Waals surface area contributed by atoms with Crippen LogP contribution in [-0.4, -0.2) is 35.5 Å². The van der Waals surface area contributed by atoms with Crippen LogP contribution in [0.3, 0.4) is 0 Å². The number of aromatic nitrogens is 1. The first-order valence-corrected chi connectivity index (χ1v) is 14.9. The molecular formula is C31H42N2O3S. The van der Waals surface area contributed by atoms with Crippen molar-refractivity contribution in [3.8, 4) is 0 Å². The Balaban J connectivity index is 1.22. The highest BCUT2D eigenvalue weighted by Gasteiger charge is 2.30. The van der Waals surface area contributed by atoms with E-state index >= 15 is 0 Å². The monoisotopic (exact) mass is 522 g/mol. The summed E-state index contributed by atoms with van der Waals surface area (Å²) in [5, 5.41) is 0. The molecule has 5 rings (SSSR count). The number of nitrogens with zero attached hydrogens (tertiary/aromatic N) is 1. The Morgan fingerprint density at radius 2 is 1.81 bits per heavy atom. The summed E-state index contributed by atoms with van der Waals surface area (Å²) < 4.78 is 5.53. The number of rotatable bonds is 7. The Kier molecular flexibility index (Phi) is 8.06. The molecule has 3 heterocycles. The Morgan fingerprint density at radius 1 is 1.08 bits per heavy atom. The number of carbonyl (C=O) groups excluding carboxylic acids is 1. The van der Waals surface area contributed by atoms with Gasteiger partial charge < -0.3 is 14.6 Å². The van der Waals surface area contributed by atoms with Crippen LogP contribution < -0.4 is 5.56 Å². The van der Waals surface area contributed by atoms with E-state index in [2.05, 4.69) is 18.0 Å². The number of aromatic amines is 1. The fourth-order valence-corrected chi connectivity index (χ4v) is 8.22. The second-order valence-electron chi connectivity index (χ2n) is 11.7. The molecule has 200 valence electrons. The zero-order valence-electron chi connectivity index (χ0n) is 23.0. The predicted octanol–water partition coefficient (Wildman–Crippen LogP) is 6.42. The average molecular weight is 523 g/mol. The Labute approximate surface area is 225 Å². The first-order chi connectivity index (χ1) is 17.8. The van der Waals surface area contributed by atoms with Crippen LogP contribution in [-0.2, 0) is 24.1 Å². The zero-order valence-corrected chi connectivity index (χ0v) is 23.8. The van der Waals surface area contributed by atoms with Crippen LogP contribution in [0.15, 0.2) is 22.5 Å². The molecule has 0 aromatic carbocycles. The van der Waals surface area contributed by atoms with Gasteiger partial charge in [0.1, 0.15) is 0 Å². The molecule has 6 heteroatoms. The topological polar surface area (TPSA) is 62.4 Å². The molecule has 0 bridgehead atoms. The maximum Gasteiger partial charge on any atom is 0.255 e. The first kappa shape index (κ1) is 26.4. The molecule has 2 aliphatic carbocycles. The van der Waals surface area contributed by atoms with Gasteiger partial charge in [-0.05, 0) is 114 Å². The van der Waals surface area contributed by atoms with E-state index in [0.29, 0.717) is 24.8 Å². The number of hydrogen-bond acceptors (Lipinski definition) is 4. The van der Waals surface area contributed by atoms with Gasteiger partial charge in [0.25, 0.3) is 11.5 Å². The summed E-state index contributed by atoms with van der Waals surface area (Å²) in [7, 11) is 1.83. The zero-order chi connectivity index (χ0) is 26.1. The van der Waals surface area contributed by atoms with E-state index in [1.165, 1.54) is 47.4 Å². The maximum absolute atomic E-state index is 13.7. The lowest BCUT2D eigenvalue weighted by atomic mass is 9.77. The van der Waals surface area contributed by atoms with Crippen LogP contribution in [0.4, 0.5) is 0 Å². The second-order valence-corrected chi connectivity index (χ2v) is 12.9. The fourth-order valence-electron chi connectivity index (χ4n) is 6.76. The molecule has 0 radical (unpaired) electrons. The van der Waals surface area contributed by atoms with E-state index in [0.717, 1.165) is 60.8 Å². The first-order valence-electron chi connectivity index (χ1n) is 14.1. The third-order valence-electron chi connectivity index (χ3n) is 8.98. The Hall–Kier alpha value is -2.18. The number of amides is 1. The van der Waals surface area contributed by atoms with Crippen LogP contribution in [0, 0.1) is 32.6 Å². The molecule has 1 N–H and O–H groups in total. The number of pyridine rings is 1. The highest BCUT2D eigenvalue weighted by Crippen LogP contribution is 2.40. The van der Waals surface area contributed by atoms with Crippen molar-refractivity contribution in [1.29, 1.82) is 0 Å². The van der Waals surface area contributed by atoms with Crippen molar-refractivity contribution in [2.75, 3.05) is 13.7 Å². The van der Waals surface area contributed by atoms with E-state index in [-0.39, 0.29) is 11.5 Å². The number of carbonyl (C=O) groups is 1. The molecule has 1 aliphatic heterocycles. The molecule has 0 spiro atoms. The summed E-state index contributed by atoms with van der Waals surface area (Å²) in [5.41, 5.74) is 6.18. The van der Waals surface area contributed by atoms with Crippen LogP contribution >= 0.6 is 11.3 Å². The SMILES string of the molecule is COC1CC=C(CC2CCC(Cc3sc4c(c3C)C(=O)N(Cc3c(C)cc(C)[nH]c3=O)CCC4)CC2)C1. The van der Waals surface area contributed by atoms with E-state index in [9.17, 15) is 9.59 Å². The summed E-state index contributed by atoms with van der Waals surface area (Å²) in [5.74, 6) is 1.65. The molecule has 3 aliphatic rings. The van der Waals surface area contributed by atoms with Gasteiger partial charge in [-0.15, -0.1) is 11.3 Å². The molecule has 1 amide bonds. The number of nitrogens with one attached hydrogen (secondary N) is 1. The van der Waals surface area contributed by atoms with Gasteiger partial charge >= 0.3 is 0 Å². The number of fused-ring (bicyclic) bond motifs is 1. The largest absolute Gasteiger partial charge is 0.381 e. The highest BCUT2D eigenvalue weighted by atomic mass is 32.1. The van der Waals surface area contributed by atoms with Crippen molar-refractivity contribution in [1.82, 2.24) is 9.88 Å². The minimum atomic E-state index is -0.0733. The molecule has 1 atom stereocenters. The molecule has 2 aromatic rings. The van der Waals surface area contributed by atoms with Crippen molar-refractivity contribution in [2.45, 2.75) is 97.6 Å². The lowest BCUT2D eigenvalue weighted by Gasteiger charge is -2.29. The third-order valence-corrected chi connectivity index (χ3v) is 10.4. The average Bonchev–Trinajstić information content (AvgIpc) is 3.40. The molecule has 1 fully saturated rings. The number of thiophene rings is 1. The van der Waals surface area contributed by atoms with E-state index in [4.69, 9.17) is 4.74 Å². The minimum absolute atomic E-state index is 0.0733. The molecule has 0 saturated heterocycles. The third kappa shape index (κ3) is 5.80. The van der Waals surface area contributed by atoms with Gasteiger partial charge in [-0.25, -0.2) is 0 Å². The lowest BCUT2D eigenvalue weighted by molar-refractivity contribution is 0.0747. The summed E-state index contributed by atoms with van der Waals surface area (Å²) in [6, 6.07) is 1.99. The van der Waals surface area contributed by atoms with Gasteiger partial charge in [-0.2, -0.15) is 0 Å². The van der Waals surface area contributed by atoms with Crippen LogP contribution in [0.2, 0.25) is 0 Å². The molecule has 1 unspecified atom stereocenters. The number of methoxy groups -OCH3 is 1. The Morgan fingerprint density at radius 3 is 2.49 bits per heavy atom. The molecular weight excluding hydrogens is 480 g/mol. The van der Waals surface area contributed by atoms with E-state index in [1.54, 1.807) is 5.57 Å². The van der Waals surface area contributed by atoms with E-state index in [1.807, 2.05) is 43.3 Å². The Bertz CT molecular complexity index is 1230. The van der Waals surface area contributed by atoms with Crippen LogP contribution in [0.5, 0.6) is 0 Å². The minimum Gasteiger partial charge on any atom is -0.381 e. The van der Waals surface area contributed by atoms with E-state index < -0.39 is 0 Å². The van der Waals surface area contributed by atoms with Crippen LogP contribution in [0.25, 0.3) is 0 Å². The number of aryl methyl sites for hydroxylation is 3. The summed E-state index contributed by atoms with van der Waals surface area (Å²) in [6.45, 7) is 7.10. The second kappa shape index (κ2) is 11.3. The number of H-pyrrole nitrogens is 1. The lowest BCUT2D eigenvalue weighted by Crippen LogP contribution is -2.33. The maximum atomic E-state index is 13.7.